The Bertz CT molecular complexity index is 500. The molecular formula is C15H19F5N2. The molecule has 0 bridgehead atoms. The Kier molecular flexibility index (Phi) is 5.74. The van der Waals surface area contributed by atoms with Crippen LogP contribution in [0.1, 0.15) is 37.8 Å². The van der Waals surface area contributed by atoms with Crippen LogP contribution in [0, 0.1) is 29.1 Å². The van der Waals surface area contributed by atoms with Gasteiger partial charge in [-0.2, -0.15) is 0 Å². The van der Waals surface area contributed by atoms with Gasteiger partial charge in [0, 0.05) is 37.8 Å². The summed E-state index contributed by atoms with van der Waals surface area (Å²) in [5.41, 5.74) is -0.702. The van der Waals surface area contributed by atoms with E-state index in [1.165, 1.54) is 0 Å². The van der Waals surface area contributed by atoms with Crippen molar-refractivity contribution in [3.05, 3.63) is 34.6 Å². The van der Waals surface area contributed by atoms with Crippen LogP contribution in [0.3, 0.4) is 0 Å². The van der Waals surface area contributed by atoms with Gasteiger partial charge in [-0.1, -0.05) is 19.8 Å². The highest BCUT2D eigenvalue weighted by Crippen LogP contribution is 2.34. The van der Waals surface area contributed by atoms with Crippen molar-refractivity contribution in [2.45, 2.75) is 32.2 Å². The fourth-order valence-electron chi connectivity index (χ4n) is 2.82. The summed E-state index contributed by atoms with van der Waals surface area (Å²) in [5, 5.41) is 3.10. The van der Waals surface area contributed by atoms with E-state index in [0.29, 0.717) is 39.0 Å². The first-order valence-electron chi connectivity index (χ1n) is 7.45. The smallest absolute Gasteiger partial charge is 0.200 e. The minimum Gasteiger partial charge on any atom is -0.314 e. The molecular weight excluding hydrogens is 303 g/mol. The normalized spacial score (nSPS) is 17.7. The molecule has 0 amide bonds. The second-order valence-electron chi connectivity index (χ2n) is 5.43. The van der Waals surface area contributed by atoms with Crippen molar-refractivity contribution in [1.82, 2.24) is 10.2 Å². The summed E-state index contributed by atoms with van der Waals surface area (Å²) in [6.07, 6.45) is 1.78. The quantitative estimate of drug-likeness (QED) is 0.507. The molecule has 1 fully saturated rings. The number of nitrogens with one attached hydrogen (secondary N) is 1. The van der Waals surface area contributed by atoms with Crippen LogP contribution in [-0.4, -0.2) is 31.1 Å². The van der Waals surface area contributed by atoms with Gasteiger partial charge in [-0.05, 0) is 6.42 Å². The molecule has 0 radical (unpaired) electrons. The van der Waals surface area contributed by atoms with Crippen LogP contribution < -0.4 is 5.32 Å². The largest absolute Gasteiger partial charge is 0.314 e. The number of piperazine rings is 1. The third-order valence-corrected chi connectivity index (χ3v) is 4.00. The summed E-state index contributed by atoms with van der Waals surface area (Å²) in [5.74, 6) is -9.27. The lowest BCUT2D eigenvalue weighted by molar-refractivity contribution is 0.154. The van der Waals surface area contributed by atoms with Crippen molar-refractivity contribution >= 4 is 0 Å². The number of nitrogens with zero attached hydrogens (tertiary/aromatic N) is 1. The lowest BCUT2D eigenvalue weighted by Gasteiger charge is -2.35. The first kappa shape index (κ1) is 17.1. The predicted octanol–water partition coefficient (Wildman–Crippen LogP) is 3.52. The molecule has 1 N–H and O–H groups in total. The van der Waals surface area contributed by atoms with Crippen LogP contribution >= 0.6 is 0 Å². The highest BCUT2D eigenvalue weighted by molar-refractivity contribution is 5.27. The van der Waals surface area contributed by atoms with Gasteiger partial charge < -0.3 is 5.32 Å². The van der Waals surface area contributed by atoms with E-state index in [2.05, 4.69) is 5.32 Å². The number of unbranched alkanes of at least 4 members (excludes halogenated alkanes) is 1. The van der Waals surface area contributed by atoms with E-state index in [4.69, 9.17) is 0 Å². The molecule has 1 saturated heterocycles. The van der Waals surface area contributed by atoms with E-state index in [-0.39, 0.29) is 0 Å². The molecule has 124 valence electrons. The maximum atomic E-state index is 14.1. The lowest BCUT2D eigenvalue weighted by Crippen LogP contribution is -2.45. The Morgan fingerprint density at radius 3 is 1.91 bits per heavy atom. The van der Waals surface area contributed by atoms with E-state index < -0.39 is 40.7 Å². The van der Waals surface area contributed by atoms with Gasteiger partial charge in [0.25, 0.3) is 0 Å². The van der Waals surface area contributed by atoms with Crippen LogP contribution in [0.25, 0.3) is 0 Å². The second kappa shape index (κ2) is 7.37. The van der Waals surface area contributed by atoms with Crippen molar-refractivity contribution in [3.8, 4) is 0 Å². The predicted molar refractivity (Wildman–Crippen MR) is 72.9 cm³/mol. The molecule has 2 nitrogen and oxygen atoms in total. The monoisotopic (exact) mass is 322 g/mol. The summed E-state index contributed by atoms with van der Waals surface area (Å²) in [7, 11) is 0. The lowest BCUT2D eigenvalue weighted by atomic mass is 9.97. The van der Waals surface area contributed by atoms with Gasteiger partial charge in [0.2, 0.25) is 5.82 Å². The van der Waals surface area contributed by atoms with Gasteiger partial charge >= 0.3 is 0 Å². The molecule has 0 unspecified atom stereocenters. The number of hydrogen-bond acceptors (Lipinski definition) is 2. The van der Waals surface area contributed by atoms with Crippen molar-refractivity contribution in [2.24, 2.45) is 0 Å². The average Bonchev–Trinajstić information content (AvgIpc) is 2.55. The van der Waals surface area contributed by atoms with Gasteiger partial charge in [0.1, 0.15) is 0 Å². The van der Waals surface area contributed by atoms with Gasteiger partial charge in [-0.25, -0.2) is 22.0 Å². The fourth-order valence-corrected chi connectivity index (χ4v) is 2.82. The van der Waals surface area contributed by atoms with Crippen LogP contribution in [0.2, 0.25) is 0 Å². The molecule has 1 aliphatic rings. The van der Waals surface area contributed by atoms with E-state index in [1.807, 2.05) is 6.92 Å². The summed E-state index contributed by atoms with van der Waals surface area (Å²) >= 11 is 0. The Balaban J connectivity index is 2.46. The molecule has 1 aromatic carbocycles. The van der Waals surface area contributed by atoms with E-state index in [1.54, 1.807) is 4.90 Å². The summed E-state index contributed by atoms with van der Waals surface area (Å²) in [6, 6.07) is -0.799. The molecule has 0 aliphatic carbocycles. The van der Waals surface area contributed by atoms with E-state index in [9.17, 15) is 22.0 Å². The number of hydrogen-bond donors (Lipinski definition) is 1. The van der Waals surface area contributed by atoms with Gasteiger partial charge in [-0.3, -0.25) is 4.90 Å². The summed E-state index contributed by atoms with van der Waals surface area (Å²) < 4.78 is 68.3. The Hall–Kier alpha value is -1.21. The first-order chi connectivity index (χ1) is 10.5. The maximum absolute atomic E-state index is 14.1. The van der Waals surface area contributed by atoms with Crippen LogP contribution in [0.4, 0.5) is 22.0 Å². The second-order valence-corrected chi connectivity index (χ2v) is 5.43. The van der Waals surface area contributed by atoms with Crippen LogP contribution in [-0.2, 0) is 0 Å². The molecule has 0 saturated carbocycles. The zero-order valence-electron chi connectivity index (χ0n) is 12.4. The minimum atomic E-state index is -2.10. The number of benzene rings is 1. The molecule has 0 spiro atoms. The molecule has 1 heterocycles. The van der Waals surface area contributed by atoms with E-state index >= 15 is 0 Å². The first-order valence-corrected chi connectivity index (χ1v) is 7.45. The Morgan fingerprint density at radius 1 is 0.909 bits per heavy atom. The van der Waals surface area contributed by atoms with Crippen molar-refractivity contribution in [2.75, 3.05) is 26.2 Å². The third kappa shape index (κ3) is 3.25. The van der Waals surface area contributed by atoms with E-state index in [0.717, 1.165) is 6.42 Å². The molecule has 0 aromatic heterocycles. The topological polar surface area (TPSA) is 15.3 Å². The van der Waals surface area contributed by atoms with Crippen molar-refractivity contribution in [3.63, 3.8) is 0 Å². The van der Waals surface area contributed by atoms with Crippen LogP contribution in [0.15, 0.2) is 0 Å². The molecule has 1 aromatic rings. The van der Waals surface area contributed by atoms with Crippen LogP contribution in [0.5, 0.6) is 0 Å². The highest BCUT2D eigenvalue weighted by atomic mass is 19.2. The maximum Gasteiger partial charge on any atom is 0.200 e. The third-order valence-electron chi connectivity index (χ3n) is 4.00. The summed E-state index contributed by atoms with van der Waals surface area (Å²) in [6.45, 7) is 4.17. The molecule has 22 heavy (non-hydrogen) atoms. The average molecular weight is 322 g/mol. The van der Waals surface area contributed by atoms with Crippen molar-refractivity contribution < 1.29 is 22.0 Å². The molecule has 1 atom stereocenters. The minimum absolute atomic E-state index is 0.356. The molecule has 2 rings (SSSR count). The molecule has 7 heteroatoms. The number of rotatable bonds is 5. The fraction of sp³-hybridized carbons (Fsp3) is 0.600. The summed E-state index contributed by atoms with van der Waals surface area (Å²) in [4.78, 5) is 1.78. The number of halogens is 5. The molecule has 1 aliphatic heterocycles. The standard InChI is InChI=1S/C15H19F5N2/c1-2-3-4-9(22-7-5-21-6-8-22)10-11(16)13(18)15(20)14(19)12(10)17/h9,21H,2-8H2,1H3/t9-/m1/s1. The Morgan fingerprint density at radius 2 is 1.41 bits per heavy atom. The van der Waals surface area contributed by atoms with Gasteiger partial charge in [-0.15, -0.1) is 0 Å². The zero-order chi connectivity index (χ0) is 16.3. The zero-order valence-corrected chi connectivity index (χ0v) is 12.4. The van der Waals surface area contributed by atoms with Crippen molar-refractivity contribution in [1.29, 1.82) is 0 Å². The highest BCUT2D eigenvalue weighted by Gasteiger charge is 2.33. The van der Waals surface area contributed by atoms with Gasteiger partial charge in [0.15, 0.2) is 23.3 Å². The van der Waals surface area contributed by atoms with Gasteiger partial charge in [0.05, 0.1) is 0 Å². The Labute approximate surface area is 126 Å². The SMILES string of the molecule is CCCC[C@H](c1c(F)c(F)c(F)c(F)c1F)N1CCNCC1.